The molecule has 12 heavy (non-hydrogen) atoms. The molecule has 0 N–H and O–H groups in total. The molecule has 0 nitrogen and oxygen atoms in total. The molecule has 4 atom stereocenters. The van der Waals surface area contributed by atoms with Crippen LogP contribution >= 0.6 is 9.24 Å². The van der Waals surface area contributed by atoms with E-state index in [-0.39, 0.29) is 0 Å². The molecule has 0 radical (unpaired) electrons. The highest BCUT2D eigenvalue weighted by atomic mass is 31.0. The predicted molar refractivity (Wildman–Crippen MR) is 59.5 cm³/mol. The summed E-state index contributed by atoms with van der Waals surface area (Å²) in [6.45, 7) is 4.72. The molecular weight excluding hydrogens is 163 g/mol. The molecule has 0 aliphatic heterocycles. The van der Waals surface area contributed by atoms with Gasteiger partial charge in [-0.2, -0.15) is 0 Å². The first kappa shape index (κ1) is 10.5. The zero-order valence-electron chi connectivity index (χ0n) is 8.55. The highest BCUT2D eigenvalue weighted by molar-refractivity contribution is 7.17. The van der Waals surface area contributed by atoms with Gasteiger partial charge in [0.1, 0.15) is 0 Å². The molecular formula is C11H23P. The third-order valence-electron chi connectivity index (χ3n) is 3.37. The largest absolute Gasteiger partial charge is 0.134 e. The van der Waals surface area contributed by atoms with Crippen LogP contribution in [0.15, 0.2) is 0 Å². The maximum absolute atomic E-state index is 3.08. The Hall–Kier alpha value is 0.430. The van der Waals surface area contributed by atoms with E-state index in [0.717, 1.165) is 17.5 Å². The lowest BCUT2D eigenvalue weighted by Gasteiger charge is -2.22. The van der Waals surface area contributed by atoms with Crippen molar-refractivity contribution in [2.75, 3.05) is 0 Å². The second kappa shape index (κ2) is 5.22. The predicted octanol–water partition coefficient (Wildman–Crippen LogP) is 3.86. The smallest absolute Gasteiger partial charge is 0.0233 e. The van der Waals surface area contributed by atoms with Gasteiger partial charge in [-0.05, 0) is 30.3 Å². The molecule has 0 spiro atoms. The summed E-state index contributed by atoms with van der Waals surface area (Å²) in [4.78, 5) is 0. The molecule has 0 amide bonds. The summed E-state index contributed by atoms with van der Waals surface area (Å²) in [5, 5.41) is 0. The van der Waals surface area contributed by atoms with E-state index >= 15 is 0 Å². The van der Waals surface area contributed by atoms with Crippen LogP contribution in [0.25, 0.3) is 0 Å². The first-order valence-corrected chi connectivity index (χ1v) is 6.18. The van der Waals surface area contributed by atoms with Crippen LogP contribution in [-0.2, 0) is 0 Å². The van der Waals surface area contributed by atoms with E-state index in [1.807, 2.05) is 0 Å². The lowest BCUT2D eigenvalue weighted by Crippen LogP contribution is -2.16. The van der Waals surface area contributed by atoms with Crippen LogP contribution in [0.2, 0.25) is 0 Å². The number of hydrogen-bond acceptors (Lipinski definition) is 0. The molecule has 0 aromatic rings. The van der Waals surface area contributed by atoms with Crippen LogP contribution in [0.5, 0.6) is 0 Å². The summed E-state index contributed by atoms with van der Waals surface area (Å²) in [5.41, 5.74) is 0.905. The number of rotatable bonds is 4. The Bertz CT molecular complexity index is 122. The molecule has 1 saturated carbocycles. The van der Waals surface area contributed by atoms with Crippen LogP contribution in [0.3, 0.4) is 0 Å². The van der Waals surface area contributed by atoms with E-state index in [2.05, 4.69) is 23.1 Å². The van der Waals surface area contributed by atoms with Crippen molar-refractivity contribution in [3.63, 3.8) is 0 Å². The van der Waals surface area contributed by atoms with Gasteiger partial charge in [0.05, 0.1) is 0 Å². The normalized spacial score (nSPS) is 32.2. The molecule has 0 heterocycles. The van der Waals surface area contributed by atoms with Gasteiger partial charge in [0.2, 0.25) is 0 Å². The monoisotopic (exact) mass is 186 g/mol. The number of unbranched alkanes of at least 4 members (excludes halogenated alkanes) is 1. The van der Waals surface area contributed by atoms with Crippen molar-refractivity contribution in [3.05, 3.63) is 0 Å². The Kier molecular flexibility index (Phi) is 4.57. The lowest BCUT2D eigenvalue weighted by atomic mass is 9.91. The van der Waals surface area contributed by atoms with E-state index in [9.17, 15) is 0 Å². The Morgan fingerprint density at radius 3 is 2.67 bits per heavy atom. The molecule has 0 saturated heterocycles. The Morgan fingerprint density at radius 1 is 1.42 bits per heavy atom. The van der Waals surface area contributed by atoms with Crippen molar-refractivity contribution >= 4 is 9.24 Å². The summed E-state index contributed by atoms with van der Waals surface area (Å²) in [7, 11) is 3.08. The van der Waals surface area contributed by atoms with Crippen molar-refractivity contribution < 1.29 is 0 Å². The summed E-state index contributed by atoms with van der Waals surface area (Å²) in [6.07, 6.45) is 8.63. The Balaban J connectivity index is 2.25. The molecule has 1 heteroatoms. The number of hydrogen-bond donors (Lipinski definition) is 0. The molecule has 4 unspecified atom stereocenters. The van der Waals surface area contributed by atoms with Gasteiger partial charge in [0.15, 0.2) is 0 Å². The van der Waals surface area contributed by atoms with Crippen molar-refractivity contribution in [2.45, 2.75) is 58.0 Å². The lowest BCUT2D eigenvalue weighted by molar-refractivity contribution is 0.387. The third kappa shape index (κ3) is 2.73. The molecule has 0 aromatic carbocycles. The molecule has 1 aliphatic rings. The maximum atomic E-state index is 3.08. The van der Waals surface area contributed by atoms with Crippen LogP contribution in [0.4, 0.5) is 0 Å². The zero-order valence-corrected chi connectivity index (χ0v) is 9.71. The fourth-order valence-electron chi connectivity index (χ4n) is 2.46. The Morgan fingerprint density at radius 2 is 2.17 bits per heavy atom. The average Bonchev–Trinajstić information content (AvgIpc) is 2.47. The van der Waals surface area contributed by atoms with E-state index in [1.54, 1.807) is 0 Å². The molecule has 1 rings (SSSR count). The van der Waals surface area contributed by atoms with Gasteiger partial charge >= 0.3 is 0 Å². The molecule has 1 fully saturated rings. The fraction of sp³-hybridized carbons (Fsp3) is 1.00. The van der Waals surface area contributed by atoms with E-state index < -0.39 is 0 Å². The van der Waals surface area contributed by atoms with E-state index in [4.69, 9.17) is 0 Å². The second-order valence-electron chi connectivity index (χ2n) is 4.38. The maximum Gasteiger partial charge on any atom is -0.0233 e. The van der Waals surface area contributed by atoms with Crippen LogP contribution in [0, 0.1) is 11.8 Å². The highest BCUT2D eigenvalue weighted by Crippen LogP contribution is 2.38. The van der Waals surface area contributed by atoms with Gasteiger partial charge < -0.3 is 0 Å². The first-order chi connectivity index (χ1) is 5.75. The SMILES string of the molecule is CCCCC(P)C1CCCC1C. The average molecular weight is 186 g/mol. The summed E-state index contributed by atoms with van der Waals surface area (Å²) < 4.78 is 0. The van der Waals surface area contributed by atoms with Crippen LogP contribution in [0.1, 0.15) is 52.4 Å². The van der Waals surface area contributed by atoms with Crippen molar-refractivity contribution in [3.8, 4) is 0 Å². The van der Waals surface area contributed by atoms with Crippen LogP contribution < -0.4 is 0 Å². The van der Waals surface area contributed by atoms with Crippen molar-refractivity contribution in [2.24, 2.45) is 11.8 Å². The van der Waals surface area contributed by atoms with Gasteiger partial charge in [-0.15, -0.1) is 9.24 Å². The molecule has 72 valence electrons. The van der Waals surface area contributed by atoms with Gasteiger partial charge in [0, 0.05) is 0 Å². The standard InChI is InChI=1S/C11H23P/c1-3-4-8-11(12)10-7-5-6-9(10)2/h9-11H,3-8,12H2,1-2H3. The second-order valence-corrected chi connectivity index (χ2v) is 5.23. The topological polar surface area (TPSA) is 0 Å². The van der Waals surface area contributed by atoms with Crippen LogP contribution in [-0.4, -0.2) is 5.66 Å². The van der Waals surface area contributed by atoms with E-state index in [0.29, 0.717) is 0 Å². The van der Waals surface area contributed by atoms with Gasteiger partial charge in [-0.25, -0.2) is 0 Å². The Labute approximate surface area is 79.7 Å². The minimum Gasteiger partial charge on any atom is -0.134 e. The summed E-state index contributed by atoms with van der Waals surface area (Å²) in [6, 6.07) is 0. The summed E-state index contributed by atoms with van der Waals surface area (Å²) in [5.74, 6) is 2.01. The van der Waals surface area contributed by atoms with Crippen molar-refractivity contribution in [1.82, 2.24) is 0 Å². The molecule has 0 aromatic heterocycles. The molecule has 1 aliphatic carbocycles. The highest BCUT2D eigenvalue weighted by Gasteiger charge is 2.27. The van der Waals surface area contributed by atoms with E-state index in [1.165, 1.54) is 38.5 Å². The van der Waals surface area contributed by atoms with Gasteiger partial charge in [-0.1, -0.05) is 39.5 Å². The van der Waals surface area contributed by atoms with Gasteiger partial charge in [0.25, 0.3) is 0 Å². The summed E-state index contributed by atoms with van der Waals surface area (Å²) >= 11 is 0. The third-order valence-corrected chi connectivity index (χ3v) is 4.20. The minimum absolute atomic E-state index is 0.905. The zero-order chi connectivity index (χ0) is 8.97. The first-order valence-electron chi connectivity index (χ1n) is 5.51. The quantitative estimate of drug-likeness (QED) is 0.585. The minimum atomic E-state index is 0.905. The van der Waals surface area contributed by atoms with Gasteiger partial charge in [-0.3, -0.25) is 0 Å². The fourth-order valence-corrected chi connectivity index (χ4v) is 3.27. The van der Waals surface area contributed by atoms with Crippen molar-refractivity contribution in [1.29, 1.82) is 0 Å². The molecule has 0 bridgehead atoms.